The van der Waals surface area contributed by atoms with Gasteiger partial charge in [-0.3, -0.25) is 4.79 Å². The summed E-state index contributed by atoms with van der Waals surface area (Å²) in [6, 6.07) is 15.1. The Balaban J connectivity index is 1.50. The molecule has 6 nitrogen and oxygen atoms in total. The molecule has 1 amide bonds. The fourth-order valence-corrected chi connectivity index (χ4v) is 4.44. The van der Waals surface area contributed by atoms with Gasteiger partial charge in [-0.1, -0.05) is 30.3 Å². The highest BCUT2D eigenvalue weighted by molar-refractivity contribution is 7.19. The summed E-state index contributed by atoms with van der Waals surface area (Å²) in [5.41, 5.74) is 3.76. The predicted molar refractivity (Wildman–Crippen MR) is 122 cm³/mol. The van der Waals surface area contributed by atoms with Crippen LogP contribution < -0.4 is 10.6 Å². The number of nitrogens with zero attached hydrogens (tertiary/aromatic N) is 2. The lowest BCUT2D eigenvalue weighted by atomic mass is 10.0. The van der Waals surface area contributed by atoms with Crippen molar-refractivity contribution < 1.29 is 9.90 Å². The molecule has 2 heterocycles. The molecule has 152 valence electrons. The van der Waals surface area contributed by atoms with E-state index in [0.717, 1.165) is 32.7 Å². The SMILES string of the molecule is Cc1cc(O)ccc1NC(=O)CCNc1ncnc2sc(C)c(-c3ccccc3)c12. The molecule has 0 saturated carbocycles. The minimum Gasteiger partial charge on any atom is -0.508 e. The number of aryl methyl sites for hydroxylation is 2. The van der Waals surface area contributed by atoms with E-state index in [1.54, 1.807) is 35.9 Å². The van der Waals surface area contributed by atoms with E-state index in [-0.39, 0.29) is 18.1 Å². The Labute approximate surface area is 178 Å². The van der Waals surface area contributed by atoms with Gasteiger partial charge in [-0.25, -0.2) is 9.97 Å². The summed E-state index contributed by atoms with van der Waals surface area (Å²) in [7, 11) is 0. The Morgan fingerprint density at radius 1 is 1.10 bits per heavy atom. The molecule has 0 unspecified atom stereocenters. The molecule has 0 fully saturated rings. The number of hydrogen-bond donors (Lipinski definition) is 3. The van der Waals surface area contributed by atoms with E-state index in [1.165, 1.54) is 4.88 Å². The molecule has 0 spiro atoms. The van der Waals surface area contributed by atoms with Crippen molar-refractivity contribution in [2.24, 2.45) is 0 Å². The predicted octanol–water partition coefficient (Wildman–Crippen LogP) is 5.12. The number of carbonyl (C=O) groups excluding carboxylic acids is 1. The quantitative estimate of drug-likeness (QED) is 0.378. The largest absolute Gasteiger partial charge is 0.508 e. The van der Waals surface area contributed by atoms with E-state index in [9.17, 15) is 9.90 Å². The van der Waals surface area contributed by atoms with E-state index in [1.807, 2.05) is 25.1 Å². The Morgan fingerprint density at radius 2 is 1.90 bits per heavy atom. The van der Waals surface area contributed by atoms with Crippen LogP contribution in [0.1, 0.15) is 16.9 Å². The molecule has 30 heavy (non-hydrogen) atoms. The number of thiophene rings is 1. The lowest BCUT2D eigenvalue weighted by Crippen LogP contribution is -2.17. The molecule has 3 N–H and O–H groups in total. The zero-order valence-corrected chi connectivity index (χ0v) is 17.6. The van der Waals surface area contributed by atoms with Crippen LogP contribution in [0.2, 0.25) is 0 Å². The van der Waals surface area contributed by atoms with E-state index in [2.05, 4.69) is 39.7 Å². The van der Waals surface area contributed by atoms with Crippen LogP contribution in [0.5, 0.6) is 5.75 Å². The van der Waals surface area contributed by atoms with Crippen LogP contribution in [0.15, 0.2) is 54.9 Å². The third-order valence-electron chi connectivity index (χ3n) is 4.86. The number of aromatic nitrogens is 2. The highest BCUT2D eigenvalue weighted by Gasteiger charge is 2.16. The number of carbonyl (C=O) groups is 1. The third-order valence-corrected chi connectivity index (χ3v) is 5.87. The summed E-state index contributed by atoms with van der Waals surface area (Å²) in [4.78, 5) is 23.3. The summed E-state index contributed by atoms with van der Waals surface area (Å²) in [5, 5.41) is 16.7. The van der Waals surface area contributed by atoms with Gasteiger partial charge in [0.1, 0.15) is 22.7 Å². The van der Waals surface area contributed by atoms with Gasteiger partial charge in [0.15, 0.2) is 0 Å². The fraction of sp³-hybridized carbons (Fsp3) is 0.174. The van der Waals surface area contributed by atoms with E-state index < -0.39 is 0 Å². The first-order valence-electron chi connectivity index (χ1n) is 9.66. The number of nitrogens with one attached hydrogen (secondary N) is 2. The van der Waals surface area contributed by atoms with Crippen molar-refractivity contribution in [1.82, 2.24) is 9.97 Å². The first kappa shape index (κ1) is 19.8. The van der Waals surface area contributed by atoms with Gasteiger partial charge < -0.3 is 15.7 Å². The van der Waals surface area contributed by atoms with Gasteiger partial charge in [-0.2, -0.15) is 0 Å². The van der Waals surface area contributed by atoms with Crippen LogP contribution in [-0.4, -0.2) is 27.5 Å². The Hall–Kier alpha value is -3.45. The summed E-state index contributed by atoms with van der Waals surface area (Å²) >= 11 is 1.64. The highest BCUT2D eigenvalue weighted by atomic mass is 32.1. The number of phenols is 1. The van der Waals surface area contributed by atoms with Crippen molar-refractivity contribution in [3.63, 3.8) is 0 Å². The standard InChI is InChI=1S/C23H22N4O2S/c1-14-12-17(28)8-9-18(14)27-19(29)10-11-24-22-21-20(16-6-4-3-5-7-16)15(2)30-23(21)26-13-25-22/h3-9,12-13,28H,10-11H2,1-2H3,(H,27,29)(H,24,25,26). The van der Waals surface area contributed by atoms with Crippen molar-refractivity contribution in [2.75, 3.05) is 17.2 Å². The molecule has 2 aromatic heterocycles. The second kappa shape index (κ2) is 8.51. The molecule has 7 heteroatoms. The minimum atomic E-state index is -0.105. The topological polar surface area (TPSA) is 87.1 Å². The van der Waals surface area contributed by atoms with E-state index >= 15 is 0 Å². The second-order valence-corrected chi connectivity index (χ2v) is 8.23. The van der Waals surface area contributed by atoms with Gasteiger partial charge in [0, 0.05) is 29.1 Å². The molecule has 0 atom stereocenters. The zero-order valence-electron chi connectivity index (χ0n) is 16.8. The van der Waals surface area contributed by atoms with Gasteiger partial charge in [0.25, 0.3) is 0 Å². The number of aromatic hydroxyl groups is 1. The molecular weight excluding hydrogens is 396 g/mol. The summed E-state index contributed by atoms with van der Waals surface area (Å²) in [5.74, 6) is 0.809. The highest BCUT2D eigenvalue weighted by Crippen LogP contribution is 2.40. The van der Waals surface area contributed by atoms with Gasteiger partial charge in [-0.05, 0) is 43.2 Å². The summed E-state index contributed by atoms with van der Waals surface area (Å²) in [6.07, 6.45) is 1.84. The van der Waals surface area contributed by atoms with E-state index in [4.69, 9.17) is 0 Å². The van der Waals surface area contributed by atoms with Crippen LogP contribution in [0.3, 0.4) is 0 Å². The number of amides is 1. The van der Waals surface area contributed by atoms with Crippen LogP contribution in [0.4, 0.5) is 11.5 Å². The summed E-state index contributed by atoms with van der Waals surface area (Å²) < 4.78 is 0. The number of hydrogen-bond acceptors (Lipinski definition) is 6. The average molecular weight is 419 g/mol. The van der Waals surface area contributed by atoms with Crippen LogP contribution in [0, 0.1) is 13.8 Å². The molecule has 2 aromatic carbocycles. The van der Waals surface area contributed by atoms with Crippen molar-refractivity contribution in [2.45, 2.75) is 20.3 Å². The second-order valence-electron chi connectivity index (χ2n) is 7.03. The number of benzene rings is 2. The molecule has 4 aromatic rings. The maximum absolute atomic E-state index is 12.4. The third kappa shape index (κ3) is 4.11. The first-order valence-corrected chi connectivity index (χ1v) is 10.5. The van der Waals surface area contributed by atoms with Gasteiger partial charge in [0.05, 0.1) is 5.39 Å². The molecule has 0 aliphatic carbocycles. The van der Waals surface area contributed by atoms with Crippen molar-refractivity contribution in [1.29, 1.82) is 0 Å². The maximum Gasteiger partial charge on any atom is 0.226 e. The molecule has 0 radical (unpaired) electrons. The van der Waals surface area contributed by atoms with Crippen LogP contribution in [0.25, 0.3) is 21.3 Å². The number of rotatable bonds is 6. The first-order chi connectivity index (χ1) is 14.5. The lowest BCUT2D eigenvalue weighted by Gasteiger charge is -2.11. The number of phenolic OH excluding ortho intramolecular Hbond substituents is 1. The Kier molecular flexibility index (Phi) is 5.63. The number of anilines is 2. The van der Waals surface area contributed by atoms with Crippen LogP contribution in [-0.2, 0) is 4.79 Å². The van der Waals surface area contributed by atoms with Gasteiger partial charge in [0.2, 0.25) is 5.91 Å². The van der Waals surface area contributed by atoms with Gasteiger partial charge >= 0.3 is 0 Å². The van der Waals surface area contributed by atoms with E-state index in [0.29, 0.717) is 12.2 Å². The average Bonchev–Trinajstić information content (AvgIpc) is 3.07. The normalized spacial score (nSPS) is 10.9. The van der Waals surface area contributed by atoms with Crippen LogP contribution >= 0.6 is 11.3 Å². The minimum absolute atomic E-state index is 0.105. The molecule has 0 aliphatic heterocycles. The Morgan fingerprint density at radius 3 is 2.67 bits per heavy atom. The smallest absolute Gasteiger partial charge is 0.226 e. The molecule has 4 rings (SSSR count). The van der Waals surface area contributed by atoms with Crippen molar-refractivity contribution >= 4 is 39.0 Å². The van der Waals surface area contributed by atoms with Crippen molar-refractivity contribution in [3.05, 3.63) is 65.3 Å². The molecule has 0 saturated heterocycles. The monoisotopic (exact) mass is 418 g/mol. The summed E-state index contributed by atoms with van der Waals surface area (Å²) in [6.45, 7) is 4.37. The fourth-order valence-electron chi connectivity index (χ4n) is 3.43. The Bertz CT molecular complexity index is 1200. The number of fused-ring (bicyclic) bond motifs is 1. The molecule has 0 bridgehead atoms. The van der Waals surface area contributed by atoms with Crippen molar-refractivity contribution in [3.8, 4) is 16.9 Å². The molecular formula is C23H22N4O2S. The van der Waals surface area contributed by atoms with Gasteiger partial charge in [-0.15, -0.1) is 11.3 Å². The zero-order chi connectivity index (χ0) is 21.1. The maximum atomic E-state index is 12.4. The lowest BCUT2D eigenvalue weighted by molar-refractivity contribution is -0.115. The molecule has 0 aliphatic rings.